The molecule has 0 saturated heterocycles. The van der Waals surface area contributed by atoms with E-state index in [2.05, 4.69) is 0 Å². The molecule has 0 amide bonds. The summed E-state index contributed by atoms with van der Waals surface area (Å²) in [6.45, 7) is 2.08. The quantitative estimate of drug-likeness (QED) is 0.848. The SMILES string of the molecule is CCOC(=O)C[C@@H](O)c1ccc(-c2ccccc2)cc1. The molecule has 0 radical (unpaired) electrons. The van der Waals surface area contributed by atoms with E-state index in [1.165, 1.54) is 0 Å². The summed E-state index contributed by atoms with van der Waals surface area (Å²) in [5.41, 5.74) is 2.93. The van der Waals surface area contributed by atoms with Gasteiger partial charge in [-0.25, -0.2) is 0 Å². The highest BCUT2D eigenvalue weighted by Gasteiger charge is 2.13. The maximum Gasteiger partial charge on any atom is 0.308 e. The minimum Gasteiger partial charge on any atom is -0.466 e. The standard InChI is InChI=1S/C17H18O3/c1-2-20-17(19)12-16(18)15-10-8-14(9-11-15)13-6-4-3-5-7-13/h3-11,16,18H,2,12H2,1H3/t16-/m1/s1. The molecule has 0 spiro atoms. The minimum atomic E-state index is -0.820. The average Bonchev–Trinajstić information content (AvgIpc) is 2.48. The Hall–Kier alpha value is -2.13. The molecule has 20 heavy (non-hydrogen) atoms. The van der Waals surface area contributed by atoms with Crippen LogP contribution in [0.4, 0.5) is 0 Å². The van der Waals surface area contributed by atoms with Crippen molar-refractivity contribution >= 4 is 5.97 Å². The normalized spacial score (nSPS) is 11.9. The topological polar surface area (TPSA) is 46.5 Å². The zero-order valence-electron chi connectivity index (χ0n) is 11.5. The van der Waals surface area contributed by atoms with Gasteiger partial charge in [-0.2, -0.15) is 0 Å². The lowest BCUT2D eigenvalue weighted by molar-refractivity contribution is -0.145. The van der Waals surface area contributed by atoms with Crippen LogP contribution in [0, 0.1) is 0 Å². The van der Waals surface area contributed by atoms with Crippen LogP contribution < -0.4 is 0 Å². The van der Waals surface area contributed by atoms with Crippen LogP contribution in [-0.2, 0) is 9.53 Å². The molecular formula is C17H18O3. The van der Waals surface area contributed by atoms with Crippen LogP contribution in [-0.4, -0.2) is 17.7 Å². The molecule has 0 aliphatic rings. The van der Waals surface area contributed by atoms with Crippen LogP contribution >= 0.6 is 0 Å². The number of carbonyl (C=O) groups is 1. The first kappa shape index (κ1) is 14.3. The van der Waals surface area contributed by atoms with Crippen molar-refractivity contribution in [3.8, 4) is 11.1 Å². The summed E-state index contributed by atoms with van der Waals surface area (Å²) < 4.78 is 4.83. The molecule has 3 heteroatoms. The highest BCUT2D eigenvalue weighted by molar-refractivity contribution is 5.70. The van der Waals surface area contributed by atoms with Gasteiger partial charge in [-0.1, -0.05) is 54.6 Å². The highest BCUT2D eigenvalue weighted by atomic mass is 16.5. The smallest absolute Gasteiger partial charge is 0.308 e. The first-order valence-electron chi connectivity index (χ1n) is 6.69. The zero-order valence-corrected chi connectivity index (χ0v) is 11.5. The molecule has 2 rings (SSSR count). The lowest BCUT2D eigenvalue weighted by Gasteiger charge is -2.11. The molecule has 0 aliphatic heterocycles. The molecule has 2 aromatic carbocycles. The number of benzene rings is 2. The second-order valence-corrected chi connectivity index (χ2v) is 4.51. The third kappa shape index (κ3) is 3.68. The number of aliphatic hydroxyl groups excluding tert-OH is 1. The largest absolute Gasteiger partial charge is 0.466 e. The van der Waals surface area contributed by atoms with E-state index in [9.17, 15) is 9.90 Å². The Morgan fingerprint density at radius 3 is 2.25 bits per heavy atom. The molecule has 2 aromatic rings. The molecule has 1 atom stereocenters. The monoisotopic (exact) mass is 270 g/mol. The molecule has 0 aliphatic carbocycles. The van der Waals surface area contributed by atoms with Crippen LogP contribution in [0.3, 0.4) is 0 Å². The van der Waals surface area contributed by atoms with Crippen molar-refractivity contribution < 1.29 is 14.6 Å². The van der Waals surface area contributed by atoms with Gasteiger partial charge in [0.15, 0.2) is 0 Å². The van der Waals surface area contributed by atoms with Gasteiger partial charge >= 0.3 is 5.97 Å². The molecule has 1 N–H and O–H groups in total. The second-order valence-electron chi connectivity index (χ2n) is 4.51. The molecule has 104 valence electrons. The van der Waals surface area contributed by atoms with Crippen molar-refractivity contribution in [3.05, 3.63) is 60.2 Å². The Kier molecular flexibility index (Phi) is 4.91. The third-order valence-electron chi connectivity index (χ3n) is 3.07. The second kappa shape index (κ2) is 6.87. The Morgan fingerprint density at radius 2 is 1.65 bits per heavy atom. The Morgan fingerprint density at radius 1 is 1.05 bits per heavy atom. The summed E-state index contributed by atoms with van der Waals surface area (Å²) in [5.74, 6) is -0.382. The average molecular weight is 270 g/mol. The highest BCUT2D eigenvalue weighted by Crippen LogP contribution is 2.23. The minimum absolute atomic E-state index is 0.0154. The molecule has 0 aromatic heterocycles. The van der Waals surface area contributed by atoms with E-state index in [0.717, 1.165) is 16.7 Å². The van der Waals surface area contributed by atoms with E-state index in [-0.39, 0.29) is 12.4 Å². The predicted molar refractivity (Wildman–Crippen MR) is 78.1 cm³/mol. The van der Waals surface area contributed by atoms with Gasteiger partial charge in [0.2, 0.25) is 0 Å². The maximum absolute atomic E-state index is 11.3. The van der Waals surface area contributed by atoms with Gasteiger partial charge in [0, 0.05) is 0 Å². The molecule has 0 bridgehead atoms. The number of rotatable bonds is 5. The molecular weight excluding hydrogens is 252 g/mol. The lowest BCUT2D eigenvalue weighted by atomic mass is 10.0. The number of esters is 1. The number of aliphatic hydroxyl groups is 1. The molecule has 0 heterocycles. The van der Waals surface area contributed by atoms with Crippen LogP contribution in [0.1, 0.15) is 25.0 Å². The van der Waals surface area contributed by atoms with Crippen molar-refractivity contribution in [2.75, 3.05) is 6.61 Å². The summed E-state index contributed by atoms with van der Waals surface area (Å²) in [4.78, 5) is 11.3. The number of hydrogen-bond acceptors (Lipinski definition) is 3. The van der Waals surface area contributed by atoms with Gasteiger partial charge in [-0.3, -0.25) is 4.79 Å². The van der Waals surface area contributed by atoms with E-state index in [1.807, 2.05) is 54.6 Å². The van der Waals surface area contributed by atoms with Crippen molar-refractivity contribution in [1.82, 2.24) is 0 Å². The predicted octanol–water partition coefficient (Wildman–Crippen LogP) is 3.34. The van der Waals surface area contributed by atoms with Gasteiger partial charge in [0.1, 0.15) is 0 Å². The Balaban J connectivity index is 2.06. The first-order chi connectivity index (χ1) is 9.70. The van der Waals surface area contributed by atoms with Crippen molar-refractivity contribution in [1.29, 1.82) is 0 Å². The summed E-state index contributed by atoms with van der Waals surface area (Å²) >= 11 is 0. The Bertz CT molecular complexity index is 546. The van der Waals surface area contributed by atoms with Crippen LogP contribution in [0.25, 0.3) is 11.1 Å². The van der Waals surface area contributed by atoms with E-state index >= 15 is 0 Å². The fourth-order valence-electron chi connectivity index (χ4n) is 2.02. The fourth-order valence-corrected chi connectivity index (χ4v) is 2.02. The van der Waals surface area contributed by atoms with Crippen LogP contribution in [0.2, 0.25) is 0 Å². The van der Waals surface area contributed by atoms with E-state index < -0.39 is 6.10 Å². The van der Waals surface area contributed by atoms with Crippen molar-refractivity contribution in [2.45, 2.75) is 19.4 Å². The fraction of sp³-hybridized carbons (Fsp3) is 0.235. The van der Waals surface area contributed by atoms with Gasteiger partial charge in [0.25, 0.3) is 0 Å². The van der Waals surface area contributed by atoms with Gasteiger partial charge in [-0.15, -0.1) is 0 Å². The summed E-state index contributed by atoms with van der Waals surface area (Å²) in [6.07, 6.45) is -0.836. The van der Waals surface area contributed by atoms with Crippen molar-refractivity contribution in [2.24, 2.45) is 0 Å². The molecule has 3 nitrogen and oxygen atoms in total. The number of hydrogen-bond donors (Lipinski definition) is 1. The van der Waals surface area contributed by atoms with Gasteiger partial charge < -0.3 is 9.84 Å². The summed E-state index contributed by atoms with van der Waals surface area (Å²) in [6, 6.07) is 17.6. The van der Waals surface area contributed by atoms with E-state index in [0.29, 0.717) is 6.61 Å². The molecule has 0 fully saturated rings. The van der Waals surface area contributed by atoms with E-state index in [1.54, 1.807) is 6.92 Å². The number of carbonyl (C=O) groups excluding carboxylic acids is 1. The molecule has 0 unspecified atom stereocenters. The van der Waals surface area contributed by atoms with E-state index in [4.69, 9.17) is 4.74 Å². The Labute approximate surface area is 118 Å². The first-order valence-corrected chi connectivity index (χ1v) is 6.69. The molecule has 0 saturated carbocycles. The third-order valence-corrected chi connectivity index (χ3v) is 3.07. The maximum atomic E-state index is 11.3. The van der Waals surface area contributed by atoms with Crippen molar-refractivity contribution in [3.63, 3.8) is 0 Å². The van der Waals surface area contributed by atoms with Gasteiger partial charge in [0.05, 0.1) is 19.1 Å². The zero-order chi connectivity index (χ0) is 14.4. The summed E-state index contributed by atoms with van der Waals surface area (Å²) in [7, 11) is 0. The lowest BCUT2D eigenvalue weighted by Crippen LogP contribution is -2.09. The number of ether oxygens (including phenoxy) is 1. The van der Waals surface area contributed by atoms with Gasteiger partial charge in [-0.05, 0) is 23.6 Å². The summed E-state index contributed by atoms with van der Waals surface area (Å²) in [5, 5.41) is 9.98. The van der Waals surface area contributed by atoms with Crippen LogP contribution in [0.5, 0.6) is 0 Å². The van der Waals surface area contributed by atoms with Crippen LogP contribution in [0.15, 0.2) is 54.6 Å².